The zero-order chi connectivity index (χ0) is 12.2. The maximum absolute atomic E-state index is 12.0. The van der Waals surface area contributed by atoms with Gasteiger partial charge in [-0.15, -0.1) is 11.6 Å². The molecule has 1 N–H and O–H groups in total. The van der Waals surface area contributed by atoms with E-state index >= 15 is 0 Å². The maximum atomic E-state index is 12.0. The van der Waals surface area contributed by atoms with Gasteiger partial charge in [-0.3, -0.25) is 4.79 Å². The van der Waals surface area contributed by atoms with E-state index in [2.05, 4.69) is 5.32 Å². The van der Waals surface area contributed by atoms with Crippen molar-refractivity contribution in [2.45, 2.75) is 39.2 Å². The average molecular weight is 244 g/mol. The molecule has 1 heterocycles. The zero-order valence-electron chi connectivity index (χ0n) is 9.97. The molecule has 0 aliphatic rings. The van der Waals surface area contributed by atoms with Crippen molar-refractivity contribution in [3.05, 3.63) is 23.7 Å². The highest BCUT2D eigenvalue weighted by molar-refractivity contribution is 6.17. The molecule has 3 nitrogen and oxygen atoms in total. The van der Waals surface area contributed by atoms with E-state index in [-0.39, 0.29) is 11.4 Å². The molecule has 0 atom stereocenters. The molecule has 0 fully saturated rings. The van der Waals surface area contributed by atoms with Gasteiger partial charge in [0, 0.05) is 17.8 Å². The molecule has 0 aliphatic heterocycles. The first-order valence-electron chi connectivity index (χ1n) is 5.45. The predicted octanol–water partition coefficient (Wildman–Crippen LogP) is 2.98. The van der Waals surface area contributed by atoms with Crippen molar-refractivity contribution < 1.29 is 9.21 Å². The quantitative estimate of drug-likeness (QED) is 0.808. The summed E-state index contributed by atoms with van der Waals surface area (Å²) < 4.78 is 5.22. The van der Waals surface area contributed by atoms with E-state index in [1.807, 2.05) is 20.8 Å². The third-order valence-electron chi connectivity index (χ3n) is 2.48. The third kappa shape index (κ3) is 3.27. The summed E-state index contributed by atoms with van der Waals surface area (Å²) in [6, 6.07) is 1.70. The number of hydrogen-bond donors (Lipinski definition) is 1. The summed E-state index contributed by atoms with van der Waals surface area (Å²) in [7, 11) is 0. The largest absolute Gasteiger partial charge is 0.469 e. The Morgan fingerprint density at radius 2 is 2.25 bits per heavy atom. The van der Waals surface area contributed by atoms with E-state index in [0.29, 0.717) is 17.9 Å². The summed E-state index contributed by atoms with van der Waals surface area (Å²) in [4.78, 5) is 12.0. The van der Waals surface area contributed by atoms with Crippen LogP contribution in [0.4, 0.5) is 0 Å². The van der Waals surface area contributed by atoms with Gasteiger partial charge in [-0.2, -0.15) is 0 Å². The van der Waals surface area contributed by atoms with Crippen molar-refractivity contribution in [3.8, 4) is 0 Å². The summed E-state index contributed by atoms with van der Waals surface area (Å²) in [6.45, 7) is 5.87. The van der Waals surface area contributed by atoms with Crippen LogP contribution in [0.15, 0.2) is 16.7 Å². The van der Waals surface area contributed by atoms with Crippen LogP contribution in [0.3, 0.4) is 0 Å². The van der Waals surface area contributed by atoms with Crippen molar-refractivity contribution >= 4 is 17.5 Å². The van der Waals surface area contributed by atoms with Gasteiger partial charge in [-0.25, -0.2) is 0 Å². The number of rotatable bonds is 5. The van der Waals surface area contributed by atoms with Crippen LogP contribution >= 0.6 is 11.6 Å². The molecule has 90 valence electrons. The fourth-order valence-electron chi connectivity index (χ4n) is 1.49. The summed E-state index contributed by atoms with van der Waals surface area (Å²) in [6.07, 6.45) is 2.99. The van der Waals surface area contributed by atoms with Gasteiger partial charge >= 0.3 is 0 Å². The Kier molecular flexibility index (Phi) is 4.42. The Balaban J connectivity index is 2.72. The Labute approximate surface area is 101 Å². The number of carbonyl (C=O) groups excluding carboxylic acids is 1. The minimum absolute atomic E-state index is 0.0966. The second-order valence-corrected chi connectivity index (χ2v) is 4.77. The van der Waals surface area contributed by atoms with E-state index in [9.17, 15) is 4.79 Å². The fourth-order valence-corrected chi connectivity index (χ4v) is 1.96. The van der Waals surface area contributed by atoms with Gasteiger partial charge < -0.3 is 9.73 Å². The lowest BCUT2D eigenvalue weighted by atomic mass is 10.0. The number of carbonyl (C=O) groups is 1. The van der Waals surface area contributed by atoms with Gasteiger partial charge in [-0.1, -0.05) is 6.92 Å². The van der Waals surface area contributed by atoms with Gasteiger partial charge in [0.1, 0.15) is 5.76 Å². The maximum Gasteiger partial charge on any atom is 0.255 e. The monoisotopic (exact) mass is 243 g/mol. The topological polar surface area (TPSA) is 42.2 Å². The van der Waals surface area contributed by atoms with Gasteiger partial charge in [0.2, 0.25) is 0 Å². The molecule has 0 aliphatic carbocycles. The molecule has 0 saturated carbocycles. The van der Waals surface area contributed by atoms with Crippen LogP contribution in [-0.2, 0) is 6.42 Å². The van der Waals surface area contributed by atoms with Crippen LogP contribution in [-0.4, -0.2) is 17.3 Å². The van der Waals surface area contributed by atoms with E-state index in [0.717, 1.165) is 12.2 Å². The highest BCUT2D eigenvalue weighted by Crippen LogP contribution is 2.15. The Morgan fingerprint density at radius 1 is 1.56 bits per heavy atom. The first kappa shape index (κ1) is 13.1. The number of furan rings is 1. The summed E-state index contributed by atoms with van der Waals surface area (Å²) in [5.74, 6) is 1.15. The summed E-state index contributed by atoms with van der Waals surface area (Å²) in [5, 5.41) is 2.95. The van der Waals surface area contributed by atoms with E-state index in [1.165, 1.54) is 0 Å². The molecule has 0 radical (unpaired) electrons. The third-order valence-corrected chi connectivity index (χ3v) is 2.67. The molecule has 0 bridgehead atoms. The molecule has 0 saturated heterocycles. The first-order valence-corrected chi connectivity index (χ1v) is 5.98. The predicted molar refractivity (Wildman–Crippen MR) is 65.0 cm³/mol. The lowest BCUT2D eigenvalue weighted by molar-refractivity contribution is 0.0909. The highest BCUT2D eigenvalue weighted by Gasteiger charge is 2.22. The molecule has 1 amide bonds. The highest BCUT2D eigenvalue weighted by atomic mass is 35.5. The zero-order valence-corrected chi connectivity index (χ0v) is 10.7. The molecule has 4 heteroatoms. The standard InChI is InChI=1S/C12H18ClNO2/c1-4-10-9(5-8-16-10)11(15)14-12(2,3)6-7-13/h5,8H,4,6-7H2,1-3H3,(H,14,15). The number of nitrogens with one attached hydrogen (secondary N) is 1. The molecular formula is C12H18ClNO2. The molecule has 1 aromatic rings. The van der Waals surface area contributed by atoms with Crippen LogP contribution in [0, 0.1) is 0 Å². The number of aryl methyl sites for hydroxylation is 1. The van der Waals surface area contributed by atoms with Crippen molar-refractivity contribution in [1.29, 1.82) is 0 Å². The summed E-state index contributed by atoms with van der Waals surface area (Å²) >= 11 is 5.68. The first-order chi connectivity index (χ1) is 7.50. The van der Waals surface area contributed by atoms with Gasteiger partial charge in [0.25, 0.3) is 5.91 Å². The Hall–Kier alpha value is -0.960. The average Bonchev–Trinajstić information content (AvgIpc) is 2.64. The second-order valence-electron chi connectivity index (χ2n) is 4.39. The van der Waals surface area contributed by atoms with Crippen molar-refractivity contribution in [2.24, 2.45) is 0 Å². The molecule has 0 unspecified atom stereocenters. The normalized spacial score (nSPS) is 11.5. The number of hydrogen-bond acceptors (Lipinski definition) is 2. The van der Waals surface area contributed by atoms with Crippen molar-refractivity contribution in [1.82, 2.24) is 5.32 Å². The van der Waals surface area contributed by atoms with Gasteiger partial charge in [-0.05, 0) is 26.3 Å². The Morgan fingerprint density at radius 3 is 2.81 bits per heavy atom. The molecule has 0 spiro atoms. The second kappa shape index (κ2) is 5.39. The van der Waals surface area contributed by atoms with Crippen LogP contribution in [0.25, 0.3) is 0 Å². The SMILES string of the molecule is CCc1occc1C(=O)NC(C)(C)CCCl. The molecule has 0 aromatic carbocycles. The van der Waals surface area contributed by atoms with Crippen LogP contribution in [0.2, 0.25) is 0 Å². The van der Waals surface area contributed by atoms with Crippen LogP contribution in [0.5, 0.6) is 0 Å². The lowest BCUT2D eigenvalue weighted by Gasteiger charge is -2.25. The van der Waals surface area contributed by atoms with Crippen molar-refractivity contribution in [2.75, 3.05) is 5.88 Å². The molecule has 1 aromatic heterocycles. The molecular weight excluding hydrogens is 226 g/mol. The van der Waals surface area contributed by atoms with Gasteiger partial charge in [0.15, 0.2) is 0 Å². The van der Waals surface area contributed by atoms with Crippen LogP contribution in [0.1, 0.15) is 43.3 Å². The number of halogens is 1. The minimum atomic E-state index is -0.291. The number of alkyl halides is 1. The van der Waals surface area contributed by atoms with Crippen molar-refractivity contribution in [3.63, 3.8) is 0 Å². The van der Waals surface area contributed by atoms with Crippen LogP contribution < -0.4 is 5.32 Å². The smallest absolute Gasteiger partial charge is 0.255 e. The Bertz CT molecular complexity index is 358. The van der Waals surface area contributed by atoms with E-state index in [4.69, 9.17) is 16.0 Å². The van der Waals surface area contributed by atoms with Gasteiger partial charge in [0.05, 0.1) is 11.8 Å². The summed E-state index contributed by atoms with van der Waals surface area (Å²) in [5.41, 5.74) is 0.325. The van der Waals surface area contributed by atoms with E-state index < -0.39 is 0 Å². The molecule has 1 rings (SSSR count). The lowest BCUT2D eigenvalue weighted by Crippen LogP contribution is -2.43. The molecule has 16 heavy (non-hydrogen) atoms. The van der Waals surface area contributed by atoms with E-state index in [1.54, 1.807) is 12.3 Å². The minimum Gasteiger partial charge on any atom is -0.469 e. The number of amides is 1. The fraction of sp³-hybridized carbons (Fsp3) is 0.583.